The number of anilines is 1. The van der Waals surface area contributed by atoms with Gasteiger partial charge in [0.1, 0.15) is 0 Å². The smallest absolute Gasteiger partial charge is 0.303 e. The average Bonchev–Trinajstić information content (AvgIpc) is 2.42. The molecule has 0 aromatic heterocycles. The molecule has 1 saturated heterocycles. The van der Waals surface area contributed by atoms with Gasteiger partial charge in [0, 0.05) is 32.2 Å². The minimum absolute atomic E-state index is 0.122. The first-order valence-electron chi connectivity index (χ1n) is 6.86. The molecule has 0 saturated carbocycles. The monoisotopic (exact) mass is 276 g/mol. The molecule has 2 rings (SSSR count). The van der Waals surface area contributed by atoms with Crippen molar-refractivity contribution in [3.63, 3.8) is 0 Å². The summed E-state index contributed by atoms with van der Waals surface area (Å²) < 4.78 is 0. The zero-order chi connectivity index (χ0) is 14.5. The number of aryl methyl sites for hydroxylation is 1. The van der Waals surface area contributed by atoms with Gasteiger partial charge < -0.3 is 14.9 Å². The molecular formula is C15H20N2O3. The van der Waals surface area contributed by atoms with Crippen molar-refractivity contribution < 1.29 is 14.7 Å². The fourth-order valence-corrected chi connectivity index (χ4v) is 2.42. The van der Waals surface area contributed by atoms with Gasteiger partial charge in [0.2, 0.25) is 5.91 Å². The molecule has 0 spiro atoms. The summed E-state index contributed by atoms with van der Waals surface area (Å²) in [5.74, 6) is -0.645. The third kappa shape index (κ3) is 3.50. The standard InChI is InChI=1S/C15H20N2O3/c1-16-9-10-17(11-14(16)18)13-7-3-2-5-12(13)6-4-8-15(19)20/h2-3,5,7H,4,6,8-11H2,1H3,(H,19,20). The van der Waals surface area contributed by atoms with Crippen LogP contribution in [0.2, 0.25) is 0 Å². The topological polar surface area (TPSA) is 60.9 Å². The number of amides is 1. The third-order valence-corrected chi connectivity index (χ3v) is 3.63. The van der Waals surface area contributed by atoms with Crippen molar-refractivity contribution in [1.82, 2.24) is 4.90 Å². The molecule has 1 N–H and O–H groups in total. The van der Waals surface area contributed by atoms with Gasteiger partial charge in [-0.1, -0.05) is 18.2 Å². The van der Waals surface area contributed by atoms with E-state index in [0.717, 1.165) is 30.8 Å². The molecule has 0 bridgehead atoms. The molecule has 5 nitrogen and oxygen atoms in total. The number of carbonyl (C=O) groups excluding carboxylic acids is 1. The second-order valence-electron chi connectivity index (χ2n) is 5.11. The van der Waals surface area contributed by atoms with Crippen LogP contribution in [0.3, 0.4) is 0 Å². The molecule has 1 amide bonds. The van der Waals surface area contributed by atoms with Crippen molar-refractivity contribution in [1.29, 1.82) is 0 Å². The van der Waals surface area contributed by atoms with Gasteiger partial charge in [0.25, 0.3) is 0 Å². The fraction of sp³-hybridized carbons (Fsp3) is 0.467. The number of aliphatic carboxylic acids is 1. The van der Waals surface area contributed by atoms with E-state index in [1.54, 1.807) is 4.90 Å². The summed E-state index contributed by atoms with van der Waals surface area (Å²) in [6.45, 7) is 1.94. The highest BCUT2D eigenvalue weighted by Gasteiger charge is 2.22. The molecule has 1 heterocycles. The van der Waals surface area contributed by atoms with Gasteiger partial charge in [0.15, 0.2) is 0 Å². The number of carboxylic acids is 1. The third-order valence-electron chi connectivity index (χ3n) is 3.63. The van der Waals surface area contributed by atoms with Crippen molar-refractivity contribution >= 4 is 17.6 Å². The quantitative estimate of drug-likeness (QED) is 0.882. The summed E-state index contributed by atoms with van der Waals surface area (Å²) in [7, 11) is 1.82. The number of carbonyl (C=O) groups is 2. The fourth-order valence-electron chi connectivity index (χ4n) is 2.42. The first-order chi connectivity index (χ1) is 9.58. The number of para-hydroxylation sites is 1. The number of carboxylic acid groups (broad SMARTS) is 1. The Kier molecular flexibility index (Phi) is 4.61. The van der Waals surface area contributed by atoms with Gasteiger partial charge in [-0.05, 0) is 24.5 Å². The molecule has 1 fully saturated rings. The van der Waals surface area contributed by atoms with E-state index in [0.29, 0.717) is 13.0 Å². The Morgan fingerprint density at radius 3 is 2.75 bits per heavy atom. The highest BCUT2D eigenvalue weighted by atomic mass is 16.4. The van der Waals surface area contributed by atoms with Crippen molar-refractivity contribution in [2.24, 2.45) is 0 Å². The van der Waals surface area contributed by atoms with Gasteiger partial charge in [-0.2, -0.15) is 0 Å². The van der Waals surface area contributed by atoms with Crippen LogP contribution < -0.4 is 4.90 Å². The highest BCUT2D eigenvalue weighted by molar-refractivity contribution is 5.83. The number of likely N-dealkylation sites (N-methyl/N-ethyl adjacent to an activating group) is 1. The van der Waals surface area contributed by atoms with Crippen LogP contribution in [0, 0.1) is 0 Å². The lowest BCUT2D eigenvalue weighted by atomic mass is 10.0. The Morgan fingerprint density at radius 2 is 2.05 bits per heavy atom. The largest absolute Gasteiger partial charge is 0.481 e. The van der Waals surface area contributed by atoms with E-state index >= 15 is 0 Å². The van der Waals surface area contributed by atoms with E-state index in [1.807, 2.05) is 31.3 Å². The van der Waals surface area contributed by atoms with Gasteiger partial charge in [-0.15, -0.1) is 0 Å². The van der Waals surface area contributed by atoms with Crippen LogP contribution in [0.1, 0.15) is 18.4 Å². The predicted octanol–water partition coefficient (Wildman–Crippen LogP) is 1.37. The molecule has 0 unspecified atom stereocenters. The first kappa shape index (κ1) is 14.4. The molecule has 108 valence electrons. The molecule has 0 radical (unpaired) electrons. The molecule has 5 heteroatoms. The number of hydrogen-bond acceptors (Lipinski definition) is 3. The summed E-state index contributed by atoms with van der Waals surface area (Å²) in [6, 6.07) is 7.94. The number of piperazine rings is 1. The zero-order valence-electron chi connectivity index (χ0n) is 11.7. The van der Waals surface area contributed by atoms with Crippen molar-refractivity contribution in [2.45, 2.75) is 19.3 Å². The van der Waals surface area contributed by atoms with Crippen molar-refractivity contribution in [2.75, 3.05) is 31.6 Å². The molecule has 1 aromatic rings. The maximum absolute atomic E-state index is 11.8. The van der Waals surface area contributed by atoms with E-state index in [-0.39, 0.29) is 12.3 Å². The Hall–Kier alpha value is -2.04. The summed E-state index contributed by atoms with van der Waals surface area (Å²) in [5.41, 5.74) is 2.17. The van der Waals surface area contributed by atoms with Gasteiger partial charge >= 0.3 is 5.97 Å². The minimum atomic E-state index is -0.766. The van der Waals surface area contributed by atoms with Crippen molar-refractivity contribution in [3.8, 4) is 0 Å². The molecule has 1 aromatic carbocycles. The molecule has 20 heavy (non-hydrogen) atoms. The highest BCUT2D eigenvalue weighted by Crippen LogP contribution is 2.23. The van der Waals surface area contributed by atoms with E-state index < -0.39 is 5.97 Å². The van der Waals surface area contributed by atoms with Gasteiger partial charge in [-0.3, -0.25) is 9.59 Å². The SMILES string of the molecule is CN1CCN(c2ccccc2CCCC(=O)O)CC1=O. The van der Waals surface area contributed by atoms with Crippen LogP contribution in [0.15, 0.2) is 24.3 Å². The van der Waals surface area contributed by atoms with Gasteiger partial charge in [-0.25, -0.2) is 0 Å². The lowest BCUT2D eigenvalue weighted by Crippen LogP contribution is -2.48. The van der Waals surface area contributed by atoms with E-state index in [1.165, 1.54) is 0 Å². The van der Waals surface area contributed by atoms with E-state index in [2.05, 4.69) is 4.90 Å². The maximum atomic E-state index is 11.8. The minimum Gasteiger partial charge on any atom is -0.481 e. The lowest BCUT2D eigenvalue weighted by molar-refractivity contribution is -0.137. The van der Waals surface area contributed by atoms with Gasteiger partial charge in [0.05, 0.1) is 6.54 Å². The second-order valence-corrected chi connectivity index (χ2v) is 5.11. The molecule has 0 aliphatic carbocycles. The molecular weight excluding hydrogens is 256 g/mol. The molecule has 1 aliphatic rings. The Labute approximate surface area is 118 Å². The van der Waals surface area contributed by atoms with E-state index in [4.69, 9.17) is 5.11 Å². The van der Waals surface area contributed by atoms with Crippen LogP contribution in [-0.4, -0.2) is 48.6 Å². The average molecular weight is 276 g/mol. The molecule has 1 aliphatic heterocycles. The summed E-state index contributed by atoms with van der Waals surface area (Å²) in [6.07, 6.45) is 1.52. The van der Waals surface area contributed by atoms with E-state index in [9.17, 15) is 9.59 Å². The Balaban J connectivity index is 2.07. The lowest BCUT2D eigenvalue weighted by Gasteiger charge is -2.34. The van der Waals surface area contributed by atoms with Crippen LogP contribution in [0.25, 0.3) is 0 Å². The normalized spacial score (nSPS) is 15.6. The second kappa shape index (κ2) is 6.41. The number of rotatable bonds is 5. The van der Waals surface area contributed by atoms with Crippen LogP contribution in [0.5, 0.6) is 0 Å². The summed E-state index contributed by atoms with van der Waals surface area (Å²) in [4.78, 5) is 26.2. The number of hydrogen-bond donors (Lipinski definition) is 1. The zero-order valence-corrected chi connectivity index (χ0v) is 11.7. The Bertz CT molecular complexity index is 502. The summed E-state index contributed by atoms with van der Waals surface area (Å²) in [5, 5.41) is 8.71. The van der Waals surface area contributed by atoms with Crippen LogP contribution in [0.4, 0.5) is 5.69 Å². The Morgan fingerprint density at radius 1 is 1.30 bits per heavy atom. The maximum Gasteiger partial charge on any atom is 0.303 e. The number of nitrogens with zero attached hydrogens (tertiary/aromatic N) is 2. The predicted molar refractivity (Wildman–Crippen MR) is 76.9 cm³/mol. The van der Waals surface area contributed by atoms with Crippen LogP contribution in [-0.2, 0) is 16.0 Å². The summed E-state index contributed by atoms with van der Waals surface area (Å²) >= 11 is 0. The van der Waals surface area contributed by atoms with Crippen molar-refractivity contribution in [3.05, 3.63) is 29.8 Å². The first-order valence-corrected chi connectivity index (χ1v) is 6.86. The van der Waals surface area contributed by atoms with Crippen LogP contribution >= 0.6 is 0 Å². The molecule has 0 atom stereocenters. The number of benzene rings is 1.